The van der Waals surface area contributed by atoms with Crippen LogP contribution in [-0.2, 0) is 0 Å². The van der Waals surface area contributed by atoms with Crippen LogP contribution in [0.5, 0.6) is 0 Å². The molecule has 0 aliphatic heterocycles. The molecule has 0 radical (unpaired) electrons. The number of anilines is 2. The Morgan fingerprint density at radius 3 is 2.90 bits per heavy atom. The van der Waals surface area contributed by atoms with Crippen LogP contribution in [0.1, 0.15) is 6.42 Å². The van der Waals surface area contributed by atoms with E-state index in [-0.39, 0.29) is 0 Å². The number of pyridine rings is 1. The van der Waals surface area contributed by atoms with Crippen molar-refractivity contribution in [2.45, 2.75) is 6.42 Å². The zero-order valence-corrected chi connectivity index (χ0v) is 13.2. The Morgan fingerprint density at radius 2 is 2.10 bits per heavy atom. The van der Waals surface area contributed by atoms with E-state index in [2.05, 4.69) is 41.8 Å². The number of nitrogens with zero attached hydrogens (tertiary/aromatic N) is 2. The highest BCUT2D eigenvalue weighted by Crippen LogP contribution is 2.34. The van der Waals surface area contributed by atoms with Crippen molar-refractivity contribution < 1.29 is 0 Å². The van der Waals surface area contributed by atoms with Crippen LogP contribution >= 0.6 is 11.3 Å². The minimum Gasteiger partial charge on any atom is -0.399 e. The van der Waals surface area contributed by atoms with Gasteiger partial charge in [0, 0.05) is 27.7 Å². The lowest BCUT2D eigenvalue weighted by Gasteiger charge is -2.12. The molecule has 4 nitrogen and oxygen atoms in total. The molecule has 0 aliphatic rings. The fourth-order valence-corrected chi connectivity index (χ4v) is 3.39. The average Bonchev–Trinajstić information content (AvgIpc) is 2.92. The zero-order valence-electron chi connectivity index (χ0n) is 12.4. The third-order valence-electron chi connectivity index (χ3n) is 3.49. The first kappa shape index (κ1) is 14.1. The van der Waals surface area contributed by atoms with Crippen LogP contribution in [0, 0.1) is 0 Å². The third kappa shape index (κ3) is 2.94. The molecule has 21 heavy (non-hydrogen) atoms. The Labute approximate surface area is 128 Å². The summed E-state index contributed by atoms with van der Waals surface area (Å²) in [6.07, 6.45) is 1.09. The van der Waals surface area contributed by atoms with E-state index in [1.54, 1.807) is 11.3 Å². The molecule has 2 aromatic heterocycles. The fourth-order valence-electron chi connectivity index (χ4n) is 2.46. The molecule has 5 heteroatoms. The van der Waals surface area contributed by atoms with Crippen LogP contribution < -0.4 is 11.1 Å². The average molecular weight is 300 g/mol. The molecule has 0 saturated carbocycles. The van der Waals surface area contributed by atoms with E-state index in [0.29, 0.717) is 0 Å². The van der Waals surface area contributed by atoms with Gasteiger partial charge in [-0.1, -0.05) is 0 Å². The van der Waals surface area contributed by atoms with Crippen molar-refractivity contribution in [3.63, 3.8) is 0 Å². The summed E-state index contributed by atoms with van der Waals surface area (Å²) in [7, 11) is 4.18. The first-order chi connectivity index (χ1) is 10.1. The number of aromatic nitrogens is 1. The van der Waals surface area contributed by atoms with Crippen molar-refractivity contribution in [1.29, 1.82) is 0 Å². The number of nitrogens with two attached hydrogens (primary N) is 1. The van der Waals surface area contributed by atoms with Crippen LogP contribution in [0.15, 0.2) is 29.6 Å². The van der Waals surface area contributed by atoms with Crippen LogP contribution in [-0.4, -0.2) is 37.1 Å². The molecule has 2 heterocycles. The predicted octanol–water partition coefficient (Wildman–Crippen LogP) is 3.40. The number of rotatable bonds is 5. The van der Waals surface area contributed by atoms with Gasteiger partial charge >= 0.3 is 0 Å². The Kier molecular flexibility index (Phi) is 3.94. The lowest BCUT2D eigenvalue weighted by Crippen LogP contribution is -2.16. The SMILES string of the molecule is CN(C)CCCNc1nc2cc(N)ccc2c2sccc12. The number of nitrogen functional groups attached to an aromatic ring is 1. The number of thiophene rings is 1. The van der Waals surface area contributed by atoms with Gasteiger partial charge in [-0.25, -0.2) is 4.98 Å². The maximum Gasteiger partial charge on any atom is 0.135 e. The first-order valence-electron chi connectivity index (χ1n) is 7.10. The molecular weight excluding hydrogens is 280 g/mol. The summed E-state index contributed by atoms with van der Waals surface area (Å²) in [6.45, 7) is 1.99. The van der Waals surface area contributed by atoms with E-state index in [1.807, 2.05) is 12.1 Å². The summed E-state index contributed by atoms with van der Waals surface area (Å²) >= 11 is 1.75. The standard InChI is InChI=1S/C16H20N4S/c1-20(2)8-3-7-18-16-13-6-9-21-15(13)12-5-4-11(17)10-14(12)19-16/h4-6,9-10H,3,7-8,17H2,1-2H3,(H,18,19). The molecule has 0 amide bonds. The lowest BCUT2D eigenvalue weighted by molar-refractivity contribution is 0.405. The van der Waals surface area contributed by atoms with Crippen LogP contribution in [0.4, 0.5) is 11.5 Å². The second-order valence-corrected chi connectivity index (χ2v) is 6.40. The summed E-state index contributed by atoms with van der Waals surface area (Å²) < 4.78 is 1.27. The monoisotopic (exact) mass is 300 g/mol. The highest BCUT2D eigenvalue weighted by Gasteiger charge is 2.09. The summed E-state index contributed by atoms with van der Waals surface area (Å²) in [6, 6.07) is 8.08. The number of fused-ring (bicyclic) bond motifs is 3. The molecule has 0 fully saturated rings. The van der Waals surface area contributed by atoms with E-state index in [4.69, 9.17) is 10.7 Å². The summed E-state index contributed by atoms with van der Waals surface area (Å²) in [5.74, 6) is 0.961. The highest BCUT2D eigenvalue weighted by molar-refractivity contribution is 7.18. The molecule has 0 unspecified atom stereocenters. The maximum absolute atomic E-state index is 5.89. The number of nitrogens with one attached hydrogen (secondary N) is 1. The van der Waals surface area contributed by atoms with Gasteiger partial charge in [0.05, 0.1) is 5.52 Å². The van der Waals surface area contributed by atoms with Gasteiger partial charge in [-0.2, -0.15) is 0 Å². The minimum atomic E-state index is 0.754. The van der Waals surface area contributed by atoms with Crippen LogP contribution in [0.25, 0.3) is 21.0 Å². The van der Waals surface area contributed by atoms with Gasteiger partial charge in [-0.3, -0.25) is 0 Å². The van der Waals surface area contributed by atoms with E-state index in [0.717, 1.165) is 36.5 Å². The van der Waals surface area contributed by atoms with Crippen molar-refractivity contribution in [3.8, 4) is 0 Å². The van der Waals surface area contributed by atoms with Gasteiger partial charge in [0.2, 0.25) is 0 Å². The van der Waals surface area contributed by atoms with Gasteiger partial charge in [-0.05, 0) is 56.7 Å². The smallest absolute Gasteiger partial charge is 0.135 e. The predicted molar refractivity (Wildman–Crippen MR) is 93.2 cm³/mol. The molecule has 0 saturated heterocycles. The second-order valence-electron chi connectivity index (χ2n) is 5.48. The topological polar surface area (TPSA) is 54.2 Å². The number of hydrogen-bond donors (Lipinski definition) is 2. The van der Waals surface area contributed by atoms with Crippen LogP contribution in [0.3, 0.4) is 0 Å². The zero-order chi connectivity index (χ0) is 14.8. The van der Waals surface area contributed by atoms with Gasteiger partial charge in [0.25, 0.3) is 0 Å². The fraction of sp³-hybridized carbons (Fsp3) is 0.312. The van der Waals surface area contributed by atoms with Crippen molar-refractivity contribution >= 4 is 43.8 Å². The molecule has 3 aromatic rings. The van der Waals surface area contributed by atoms with Crippen LogP contribution in [0.2, 0.25) is 0 Å². The molecule has 0 spiro atoms. The van der Waals surface area contributed by atoms with E-state index >= 15 is 0 Å². The molecule has 1 aromatic carbocycles. The Morgan fingerprint density at radius 1 is 1.24 bits per heavy atom. The Bertz CT molecular complexity index is 763. The van der Waals surface area contributed by atoms with E-state index in [9.17, 15) is 0 Å². The number of hydrogen-bond acceptors (Lipinski definition) is 5. The maximum atomic E-state index is 5.89. The first-order valence-corrected chi connectivity index (χ1v) is 7.98. The number of benzene rings is 1. The Hall–Kier alpha value is -1.85. The largest absolute Gasteiger partial charge is 0.399 e. The minimum absolute atomic E-state index is 0.754. The molecular formula is C16H20N4S. The quantitative estimate of drug-likeness (QED) is 0.560. The van der Waals surface area contributed by atoms with Gasteiger partial charge in [0.15, 0.2) is 0 Å². The molecule has 0 aliphatic carbocycles. The molecule has 110 valence electrons. The van der Waals surface area contributed by atoms with Gasteiger partial charge in [0.1, 0.15) is 5.82 Å². The second kappa shape index (κ2) is 5.87. The third-order valence-corrected chi connectivity index (χ3v) is 4.44. The van der Waals surface area contributed by atoms with Crippen molar-refractivity contribution in [2.24, 2.45) is 0 Å². The molecule has 3 rings (SSSR count). The van der Waals surface area contributed by atoms with E-state index < -0.39 is 0 Å². The molecule has 0 atom stereocenters. The summed E-state index contributed by atoms with van der Waals surface area (Å²) in [5, 5.41) is 7.96. The normalized spacial score (nSPS) is 11.6. The van der Waals surface area contributed by atoms with Crippen molar-refractivity contribution in [3.05, 3.63) is 29.6 Å². The lowest BCUT2D eigenvalue weighted by atomic mass is 10.1. The van der Waals surface area contributed by atoms with E-state index in [1.165, 1.54) is 15.5 Å². The van der Waals surface area contributed by atoms with Gasteiger partial charge in [-0.15, -0.1) is 11.3 Å². The Balaban J connectivity index is 1.94. The highest BCUT2D eigenvalue weighted by atomic mass is 32.1. The van der Waals surface area contributed by atoms with Crippen molar-refractivity contribution in [1.82, 2.24) is 9.88 Å². The summed E-state index contributed by atoms with van der Waals surface area (Å²) in [4.78, 5) is 6.95. The summed E-state index contributed by atoms with van der Waals surface area (Å²) in [5.41, 5.74) is 7.60. The molecule has 3 N–H and O–H groups in total. The van der Waals surface area contributed by atoms with Crippen molar-refractivity contribution in [2.75, 3.05) is 38.2 Å². The molecule has 0 bridgehead atoms. The van der Waals surface area contributed by atoms with Gasteiger partial charge < -0.3 is 16.0 Å².